The summed E-state index contributed by atoms with van der Waals surface area (Å²) in [7, 11) is 0. The van der Waals surface area contributed by atoms with E-state index in [2.05, 4.69) is 32.3 Å². The molecule has 4 rings (SSSR count). The molecule has 0 fully saturated rings. The van der Waals surface area contributed by atoms with Crippen molar-refractivity contribution in [3.63, 3.8) is 0 Å². The van der Waals surface area contributed by atoms with Gasteiger partial charge in [0.1, 0.15) is 18.4 Å². The minimum atomic E-state index is -0.356. The molecule has 0 bridgehead atoms. The zero-order valence-electron chi connectivity index (χ0n) is 16.2. The number of aliphatic hydroxyl groups is 1. The number of ketones is 1. The number of H-pyrrole nitrogens is 1. The maximum atomic E-state index is 12.9. The number of pyridine rings is 1. The second-order valence-corrected chi connectivity index (χ2v) is 6.79. The molecule has 0 radical (unpaired) electrons. The van der Waals surface area contributed by atoms with Crippen molar-refractivity contribution in [1.29, 1.82) is 0 Å². The van der Waals surface area contributed by atoms with Crippen molar-refractivity contribution in [1.82, 2.24) is 20.2 Å². The molecule has 7 nitrogen and oxygen atoms in total. The van der Waals surface area contributed by atoms with Crippen molar-refractivity contribution in [2.75, 3.05) is 0 Å². The summed E-state index contributed by atoms with van der Waals surface area (Å²) in [6.07, 6.45) is 9.32. The van der Waals surface area contributed by atoms with Crippen LogP contribution < -0.4 is 0 Å². The van der Waals surface area contributed by atoms with Gasteiger partial charge in [0.05, 0.1) is 5.56 Å². The Morgan fingerprint density at radius 1 is 1.07 bits per heavy atom. The highest BCUT2D eigenvalue weighted by atomic mass is 16.3. The molecule has 0 saturated heterocycles. The predicted octanol–water partition coefficient (Wildman–Crippen LogP) is 3.95. The number of rotatable bonds is 8. The van der Waals surface area contributed by atoms with Crippen LogP contribution in [0.4, 0.5) is 0 Å². The molecule has 150 valence electrons. The first-order valence-electron chi connectivity index (χ1n) is 9.54. The SMILES string of the molecule is O=C(C=C(O)c1nc[nH]n1)c1coc(Cc2ccncc2)c1CCc1ccccc1. The molecule has 3 aromatic heterocycles. The number of nitrogens with one attached hydrogen (secondary N) is 1. The van der Waals surface area contributed by atoms with Crippen LogP contribution in [0.2, 0.25) is 0 Å². The Kier molecular flexibility index (Phi) is 5.80. The van der Waals surface area contributed by atoms with Crippen LogP contribution in [0.3, 0.4) is 0 Å². The monoisotopic (exact) mass is 400 g/mol. The van der Waals surface area contributed by atoms with Crippen LogP contribution in [-0.4, -0.2) is 31.1 Å². The Morgan fingerprint density at radius 2 is 1.87 bits per heavy atom. The summed E-state index contributed by atoms with van der Waals surface area (Å²) in [5.74, 6) is 0.137. The van der Waals surface area contributed by atoms with Crippen molar-refractivity contribution in [2.24, 2.45) is 0 Å². The summed E-state index contributed by atoms with van der Waals surface area (Å²) in [6, 6.07) is 13.9. The zero-order chi connectivity index (χ0) is 20.8. The summed E-state index contributed by atoms with van der Waals surface area (Å²) in [5.41, 5.74) is 3.47. The van der Waals surface area contributed by atoms with Gasteiger partial charge in [0.15, 0.2) is 11.5 Å². The number of nitrogens with zero attached hydrogens (tertiary/aromatic N) is 3. The van der Waals surface area contributed by atoms with Gasteiger partial charge in [-0.05, 0) is 36.1 Å². The first kappa shape index (κ1) is 19.3. The topological polar surface area (TPSA) is 105 Å². The molecular formula is C23H20N4O3. The van der Waals surface area contributed by atoms with Crippen LogP contribution in [0, 0.1) is 0 Å². The van der Waals surface area contributed by atoms with Gasteiger partial charge in [-0.25, -0.2) is 4.98 Å². The number of benzene rings is 1. The van der Waals surface area contributed by atoms with E-state index in [1.165, 1.54) is 18.2 Å². The lowest BCUT2D eigenvalue weighted by Crippen LogP contribution is -2.04. The van der Waals surface area contributed by atoms with Gasteiger partial charge in [-0.3, -0.25) is 14.9 Å². The Balaban J connectivity index is 1.63. The van der Waals surface area contributed by atoms with Gasteiger partial charge in [-0.1, -0.05) is 30.3 Å². The highest BCUT2D eigenvalue weighted by Crippen LogP contribution is 2.24. The number of aromatic amines is 1. The molecule has 0 aliphatic carbocycles. The second-order valence-electron chi connectivity index (χ2n) is 6.79. The number of aliphatic hydroxyl groups excluding tert-OH is 1. The minimum Gasteiger partial charge on any atom is -0.504 e. The molecule has 0 spiro atoms. The highest BCUT2D eigenvalue weighted by Gasteiger charge is 2.20. The predicted molar refractivity (Wildman–Crippen MR) is 111 cm³/mol. The van der Waals surface area contributed by atoms with E-state index in [9.17, 15) is 9.90 Å². The highest BCUT2D eigenvalue weighted by molar-refractivity contribution is 6.08. The van der Waals surface area contributed by atoms with Crippen molar-refractivity contribution in [2.45, 2.75) is 19.3 Å². The molecule has 0 amide bonds. The van der Waals surface area contributed by atoms with Gasteiger partial charge in [-0.2, -0.15) is 5.10 Å². The summed E-state index contributed by atoms with van der Waals surface area (Å²) in [4.78, 5) is 20.8. The number of allylic oxidation sites excluding steroid dienone is 1. The van der Waals surface area contributed by atoms with E-state index < -0.39 is 0 Å². The number of carbonyl (C=O) groups excluding carboxylic acids is 1. The lowest BCUT2D eigenvalue weighted by Gasteiger charge is -2.06. The normalized spacial score (nSPS) is 11.5. The standard InChI is InChI=1S/C23H20N4O3/c28-20(13-21(29)23-25-15-26-27-23)19-14-30-22(12-17-8-10-24-11-9-17)18(19)7-6-16-4-2-1-3-5-16/h1-5,8-11,13-15,29H,6-7,12H2,(H,25,26,27). The Morgan fingerprint density at radius 3 is 2.60 bits per heavy atom. The average molecular weight is 400 g/mol. The quantitative estimate of drug-likeness (QED) is 0.264. The molecule has 2 N–H and O–H groups in total. The molecule has 0 atom stereocenters. The maximum Gasteiger partial charge on any atom is 0.215 e. The third-order valence-electron chi connectivity index (χ3n) is 4.78. The van der Waals surface area contributed by atoms with E-state index in [-0.39, 0.29) is 17.4 Å². The summed E-state index contributed by atoms with van der Waals surface area (Å²) < 4.78 is 5.79. The Labute approximate surface area is 173 Å². The summed E-state index contributed by atoms with van der Waals surface area (Å²) >= 11 is 0. The third-order valence-corrected chi connectivity index (χ3v) is 4.78. The van der Waals surface area contributed by atoms with Gasteiger partial charge in [0, 0.05) is 30.5 Å². The van der Waals surface area contributed by atoms with Crippen LogP contribution in [0.15, 0.2) is 77.9 Å². The molecule has 4 aromatic rings. The van der Waals surface area contributed by atoms with E-state index in [1.54, 1.807) is 12.4 Å². The lowest BCUT2D eigenvalue weighted by molar-refractivity contribution is 0.104. The molecule has 0 unspecified atom stereocenters. The van der Waals surface area contributed by atoms with E-state index in [1.807, 2.05) is 30.3 Å². The van der Waals surface area contributed by atoms with E-state index in [4.69, 9.17) is 4.42 Å². The van der Waals surface area contributed by atoms with Crippen LogP contribution in [0.5, 0.6) is 0 Å². The van der Waals surface area contributed by atoms with Crippen LogP contribution >= 0.6 is 0 Å². The lowest BCUT2D eigenvalue weighted by atomic mass is 9.97. The third kappa shape index (κ3) is 4.52. The van der Waals surface area contributed by atoms with Gasteiger partial charge in [-0.15, -0.1) is 0 Å². The number of aryl methyl sites for hydroxylation is 1. The average Bonchev–Trinajstić information content (AvgIpc) is 3.44. The second kappa shape index (κ2) is 9.00. The fourth-order valence-corrected chi connectivity index (χ4v) is 3.25. The first-order valence-corrected chi connectivity index (χ1v) is 9.54. The van der Waals surface area contributed by atoms with Crippen molar-refractivity contribution < 1.29 is 14.3 Å². The van der Waals surface area contributed by atoms with Gasteiger partial charge in [0.25, 0.3) is 0 Å². The largest absolute Gasteiger partial charge is 0.504 e. The number of hydrogen-bond acceptors (Lipinski definition) is 6. The van der Waals surface area contributed by atoms with Crippen molar-refractivity contribution >= 4 is 11.5 Å². The molecule has 7 heteroatoms. The van der Waals surface area contributed by atoms with Gasteiger partial charge < -0.3 is 9.52 Å². The molecule has 0 aliphatic rings. The molecule has 0 aliphatic heterocycles. The molecule has 0 saturated carbocycles. The summed E-state index contributed by atoms with van der Waals surface area (Å²) in [5, 5.41) is 16.4. The molecule has 30 heavy (non-hydrogen) atoms. The maximum absolute atomic E-state index is 12.9. The van der Waals surface area contributed by atoms with Crippen molar-refractivity contribution in [3.8, 4) is 0 Å². The minimum absolute atomic E-state index is 0.0645. The van der Waals surface area contributed by atoms with Gasteiger partial charge in [0.2, 0.25) is 5.82 Å². The smallest absolute Gasteiger partial charge is 0.215 e. The van der Waals surface area contributed by atoms with Crippen LogP contribution in [0.1, 0.15) is 38.6 Å². The Hall–Kier alpha value is -4.00. The van der Waals surface area contributed by atoms with E-state index >= 15 is 0 Å². The number of carbonyl (C=O) groups is 1. The van der Waals surface area contributed by atoms with Gasteiger partial charge >= 0.3 is 0 Å². The van der Waals surface area contributed by atoms with Crippen molar-refractivity contribution in [3.05, 3.63) is 107 Å². The fourth-order valence-electron chi connectivity index (χ4n) is 3.25. The molecule has 1 aromatic carbocycles. The molecular weight excluding hydrogens is 380 g/mol. The molecule has 3 heterocycles. The number of hydrogen-bond donors (Lipinski definition) is 2. The first-order chi connectivity index (χ1) is 14.7. The Bertz CT molecular complexity index is 1130. The zero-order valence-corrected chi connectivity index (χ0v) is 16.2. The fraction of sp³-hybridized carbons (Fsp3) is 0.130. The number of aromatic nitrogens is 4. The number of furan rings is 1. The van der Waals surface area contributed by atoms with E-state index in [0.717, 1.165) is 29.4 Å². The summed E-state index contributed by atoms with van der Waals surface area (Å²) in [6.45, 7) is 0. The van der Waals surface area contributed by atoms with Crippen LogP contribution in [-0.2, 0) is 19.3 Å². The van der Waals surface area contributed by atoms with E-state index in [0.29, 0.717) is 18.4 Å². The van der Waals surface area contributed by atoms with Crippen LogP contribution in [0.25, 0.3) is 5.76 Å².